The molecule has 0 rings (SSSR count). The van der Waals surface area contributed by atoms with Crippen molar-refractivity contribution < 1.29 is 0 Å². The number of hydrogen-bond donors (Lipinski definition) is 0. The van der Waals surface area contributed by atoms with Crippen molar-refractivity contribution in [3.63, 3.8) is 0 Å². The highest BCUT2D eigenvalue weighted by Crippen LogP contribution is 2.39. The number of hydrogen-bond acceptors (Lipinski definition) is 0. The van der Waals surface area contributed by atoms with Crippen molar-refractivity contribution in [2.75, 3.05) is 0 Å². The summed E-state index contributed by atoms with van der Waals surface area (Å²) < 4.78 is 0. The van der Waals surface area contributed by atoms with Crippen molar-refractivity contribution in [1.82, 2.24) is 0 Å². The van der Waals surface area contributed by atoms with E-state index in [0.29, 0.717) is 10.8 Å². The average molecular weight is 226 g/mol. The Labute approximate surface area is 104 Å². The van der Waals surface area contributed by atoms with Crippen LogP contribution >= 0.6 is 0 Å². The summed E-state index contributed by atoms with van der Waals surface area (Å²) >= 11 is 0. The summed E-state index contributed by atoms with van der Waals surface area (Å²) in [6.45, 7) is 16.7. The molecule has 0 radical (unpaired) electrons. The molecule has 16 heavy (non-hydrogen) atoms. The fourth-order valence-electron chi connectivity index (χ4n) is 3.03. The van der Waals surface area contributed by atoms with Gasteiger partial charge in [-0.1, -0.05) is 67.7 Å². The summed E-state index contributed by atoms with van der Waals surface area (Å²) in [4.78, 5) is 0. The van der Waals surface area contributed by atoms with Crippen LogP contribution in [-0.2, 0) is 0 Å². The molecule has 0 heteroatoms. The lowest BCUT2D eigenvalue weighted by atomic mass is 9.71. The molecule has 0 N–H and O–H groups in total. The van der Waals surface area contributed by atoms with Gasteiger partial charge < -0.3 is 0 Å². The van der Waals surface area contributed by atoms with Crippen LogP contribution in [0.1, 0.15) is 87.0 Å². The average Bonchev–Trinajstić information content (AvgIpc) is 2.17. The van der Waals surface area contributed by atoms with Crippen LogP contribution in [0.5, 0.6) is 0 Å². The van der Waals surface area contributed by atoms with E-state index < -0.39 is 0 Å². The smallest absolute Gasteiger partial charge is 0.0326 e. The van der Waals surface area contributed by atoms with Crippen LogP contribution in [0.15, 0.2) is 0 Å². The van der Waals surface area contributed by atoms with Gasteiger partial charge in [0.15, 0.2) is 0 Å². The quantitative estimate of drug-likeness (QED) is 0.472. The van der Waals surface area contributed by atoms with Crippen molar-refractivity contribution in [3.05, 3.63) is 0 Å². The highest BCUT2D eigenvalue weighted by molar-refractivity contribution is 4.78. The minimum Gasteiger partial charge on any atom is -0.0654 e. The van der Waals surface area contributed by atoms with Gasteiger partial charge >= 0.3 is 0 Å². The van der Waals surface area contributed by atoms with Crippen LogP contribution in [-0.4, -0.2) is 0 Å². The first-order valence-electron chi connectivity index (χ1n) is 7.28. The van der Waals surface area contributed by atoms with Crippen LogP contribution in [0.2, 0.25) is 0 Å². The summed E-state index contributed by atoms with van der Waals surface area (Å²) in [5.74, 6) is 0.867. The molecule has 0 fully saturated rings. The van der Waals surface area contributed by atoms with E-state index in [1.54, 1.807) is 0 Å². The lowest BCUT2D eigenvalue weighted by Crippen LogP contribution is -2.22. The predicted molar refractivity (Wildman–Crippen MR) is 75.8 cm³/mol. The van der Waals surface area contributed by atoms with Crippen molar-refractivity contribution >= 4 is 0 Å². The van der Waals surface area contributed by atoms with E-state index in [4.69, 9.17) is 0 Å². The van der Waals surface area contributed by atoms with Gasteiger partial charge in [0.05, 0.1) is 0 Å². The first-order valence-corrected chi connectivity index (χ1v) is 7.28. The molecular formula is C16H34. The van der Waals surface area contributed by atoms with Crippen LogP contribution in [0.25, 0.3) is 0 Å². The highest BCUT2D eigenvalue weighted by Gasteiger charge is 2.26. The zero-order valence-corrected chi connectivity index (χ0v) is 12.8. The standard InChI is InChI=1S/C16H34/c1-8-11-16(7,10-3)13-14(4)12-15(5,6)9-2/h14H,8-13H2,1-7H3. The minimum absolute atomic E-state index is 0.528. The van der Waals surface area contributed by atoms with Crippen LogP contribution in [0.3, 0.4) is 0 Å². The molecule has 0 heterocycles. The summed E-state index contributed by atoms with van der Waals surface area (Å²) in [7, 11) is 0. The first-order chi connectivity index (χ1) is 7.28. The second-order valence-corrected chi connectivity index (χ2v) is 6.95. The molecule has 0 spiro atoms. The number of rotatable bonds is 8. The Balaban J connectivity index is 4.25. The summed E-state index contributed by atoms with van der Waals surface area (Å²) in [5, 5.41) is 0. The first kappa shape index (κ1) is 16.0. The van der Waals surface area contributed by atoms with Gasteiger partial charge in [0, 0.05) is 0 Å². The molecule has 0 aliphatic carbocycles. The highest BCUT2D eigenvalue weighted by atomic mass is 14.3. The monoisotopic (exact) mass is 226 g/mol. The molecule has 0 aromatic heterocycles. The summed E-state index contributed by atoms with van der Waals surface area (Å²) in [6.07, 6.45) is 8.13. The molecule has 98 valence electrons. The topological polar surface area (TPSA) is 0 Å². The molecule has 0 aliphatic rings. The molecule has 0 saturated heterocycles. The largest absolute Gasteiger partial charge is 0.0654 e. The fraction of sp³-hybridized carbons (Fsp3) is 1.00. The molecule has 0 aromatic rings. The third-order valence-electron chi connectivity index (χ3n) is 4.41. The Morgan fingerprint density at radius 2 is 1.44 bits per heavy atom. The third kappa shape index (κ3) is 5.92. The van der Waals surface area contributed by atoms with Gasteiger partial charge in [-0.25, -0.2) is 0 Å². The molecule has 0 amide bonds. The fourth-order valence-corrected chi connectivity index (χ4v) is 3.03. The Morgan fingerprint density at radius 3 is 1.81 bits per heavy atom. The van der Waals surface area contributed by atoms with Crippen molar-refractivity contribution in [1.29, 1.82) is 0 Å². The maximum Gasteiger partial charge on any atom is -0.0326 e. The van der Waals surface area contributed by atoms with Gasteiger partial charge in [0.25, 0.3) is 0 Å². The van der Waals surface area contributed by atoms with Crippen molar-refractivity contribution in [3.8, 4) is 0 Å². The van der Waals surface area contributed by atoms with Crippen molar-refractivity contribution in [2.45, 2.75) is 87.0 Å². The van der Waals surface area contributed by atoms with E-state index in [-0.39, 0.29) is 0 Å². The molecule has 2 atom stereocenters. The van der Waals surface area contributed by atoms with E-state index >= 15 is 0 Å². The Kier molecular flexibility index (Phi) is 6.67. The van der Waals surface area contributed by atoms with Gasteiger partial charge in [0.2, 0.25) is 0 Å². The molecule has 0 aromatic carbocycles. The normalized spacial score (nSPS) is 18.2. The zero-order valence-electron chi connectivity index (χ0n) is 12.8. The van der Waals surface area contributed by atoms with E-state index in [2.05, 4.69) is 48.5 Å². The van der Waals surface area contributed by atoms with Gasteiger partial charge in [0.1, 0.15) is 0 Å². The Hall–Kier alpha value is 0. The zero-order chi connectivity index (χ0) is 12.8. The summed E-state index contributed by atoms with van der Waals surface area (Å²) in [6, 6.07) is 0. The molecule has 0 bridgehead atoms. The lowest BCUT2D eigenvalue weighted by molar-refractivity contribution is 0.173. The van der Waals surface area contributed by atoms with Crippen LogP contribution in [0.4, 0.5) is 0 Å². The summed E-state index contributed by atoms with van der Waals surface area (Å²) in [5.41, 5.74) is 1.11. The van der Waals surface area contributed by atoms with Gasteiger partial charge in [-0.2, -0.15) is 0 Å². The van der Waals surface area contributed by atoms with E-state index in [1.807, 2.05) is 0 Å². The molecular weight excluding hydrogens is 192 g/mol. The lowest BCUT2D eigenvalue weighted by Gasteiger charge is -2.34. The van der Waals surface area contributed by atoms with Crippen molar-refractivity contribution in [2.24, 2.45) is 16.7 Å². The SMILES string of the molecule is CCCC(C)(CC)CC(C)CC(C)(C)CC. The maximum atomic E-state index is 2.48. The second kappa shape index (κ2) is 6.67. The van der Waals surface area contributed by atoms with E-state index in [9.17, 15) is 0 Å². The molecule has 2 unspecified atom stereocenters. The molecule has 0 saturated carbocycles. The predicted octanol–water partition coefficient (Wildman–Crippen LogP) is 6.06. The van der Waals surface area contributed by atoms with Gasteiger partial charge in [-0.3, -0.25) is 0 Å². The second-order valence-electron chi connectivity index (χ2n) is 6.95. The maximum absolute atomic E-state index is 2.48. The van der Waals surface area contributed by atoms with E-state index in [1.165, 1.54) is 38.5 Å². The van der Waals surface area contributed by atoms with Gasteiger partial charge in [-0.05, 0) is 36.0 Å². The van der Waals surface area contributed by atoms with Crippen LogP contribution in [0, 0.1) is 16.7 Å². The minimum atomic E-state index is 0.528. The molecule has 0 aliphatic heterocycles. The Morgan fingerprint density at radius 1 is 0.875 bits per heavy atom. The Bertz CT molecular complexity index is 180. The third-order valence-corrected chi connectivity index (χ3v) is 4.41. The van der Waals surface area contributed by atoms with Gasteiger partial charge in [-0.15, -0.1) is 0 Å². The van der Waals surface area contributed by atoms with E-state index in [0.717, 1.165) is 5.92 Å². The van der Waals surface area contributed by atoms with Crippen LogP contribution < -0.4 is 0 Å². The molecule has 0 nitrogen and oxygen atoms in total.